The summed E-state index contributed by atoms with van der Waals surface area (Å²) in [4.78, 5) is 14.0. The van der Waals surface area contributed by atoms with E-state index in [0.29, 0.717) is 19.6 Å². The van der Waals surface area contributed by atoms with Crippen LogP contribution in [0.15, 0.2) is 30.3 Å². The first-order valence-corrected chi connectivity index (χ1v) is 8.37. The number of nitrogens with one attached hydrogen (secondary N) is 1. The van der Waals surface area contributed by atoms with E-state index in [-0.39, 0.29) is 6.03 Å². The summed E-state index contributed by atoms with van der Waals surface area (Å²) in [5, 5.41) is 17.2. The van der Waals surface area contributed by atoms with Gasteiger partial charge in [0.05, 0.1) is 17.5 Å². The van der Waals surface area contributed by atoms with Gasteiger partial charge in [-0.25, -0.2) is 9.48 Å². The van der Waals surface area contributed by atoms with Crippen LogP contribution in [0.1, 0.15) is 29.8 Å². The molecule has 1 fully saturated rings. The minimum absolute atomic E-state index is 0.125. The van der Waals surface area contributed by atoms with Crippen LogP contribution in [0.2, 0.25) is 0 Å². The maximum Gasteiger partial charge on any atom is 0.317 e. The number of likely N-dealkylation sites (tertiary alicyclic amines) is 1. The lowest BCUT2D eigenvalue weighted by atomic mass is 10.1. The molecule has 0 aliphatic carbocycles. The Labute approximate surface area is 142 Å². The van der Waals surface area contributed by atoms with Crippen LogP contribution in [0.3, 0.4) is 0 Å². The highest BCUT2D eigenvalue weighted by Crippen LogP contribution is 2.18. The fourth-order valence-electron chi connectivity index (χ4n) is 3.17. The number of piperidine rings is 1. The topological polar surface area (TPSA) is 70.4 Å². The van der Waals surface area contributed by atoms with Crippen LogP contribution in [0.4, 0.5) is 4.79 Å². The number of rotatable bonds is 3. The van der Waals surface area contributed by atoms with Crippen LogP contribution in [0, 0.1) is 13.8 Å². The van der Waals surface area contributed by atoms with E-state index in [2.05, 4.69) is 10.4 Å². The van der Waals surface area contributed by atoms with E-state index in [9.17, 15) is 9.90 Å². The summed E-state index contributed by atoms with van der Waals surface area (Å²) in [7, 11) is 0. The molecule has 1 aliphatic rings. The van der Waals surface area contributed by atoms with Crippen molar-refractivity contribution in [2.45, 2.75) is 39.3 Å². The van der Waals surface area contributed by atoms with Crippen LogP contribution in [-0.2, 0) is 6.54 Å². The molecule has 2 N–H and O–H groups in total. The van der Waals surface area contributed by atoms with Gasteiger partial charge in [-0.1, -0.05) is 18.2 Å². The van der Waals surface area contributed by atoms with Crippen molar-refractivity contribution < 1.29 is 9.90 Å². The molecule has 6 heteroatoms. The van der Waals surface area contributed by atoms with E-state index < -0.39 is 6.10 Å². The number of carbonyl (C=O) groups excluding carboxylic acids is 1. The quantitative estimate of drug-likeness (QED) is 0.907. The van der Waals surface area contributed by atoms with Gasteiger partial charge in [0.15, 0.2) is 0 Å². The zero-order chi connectivity index (χ0) is 17.1. The van der Waals surface area contributed by atoms with Gasteiger partial charge in [-0.2, -0.15) is 5.10 Å². The second-order valence-electron chi connectivity index (χ2n) is 6.30. The summed E-state index contributed by atoms with van der Waals surface area (Å²) in [6.45, 7) is 5.52. The van der Waals surface area contributed by atoms with E-state index >= 15 is 0 Å². The second-order valence-corrected chi connectivity index (χ2v) is 6.30. The predicted molar refractivity (Wildman–Crippen MR) is 92.1 cm³/mol. The number of aliphatic hydroxyl groups is 1. The lowest BCUT2D eigenvalue weighted by molar-refractivity contribution is 0.0841. The van der Waals surface area contributed by atoms with Crippen molar-refractivity contribution >= 4 is 6.03 Å². The summed E-state index contributed by atoms with van der Waals surface area (Å²) in [6, 6.07) is 9.83. The monoisotopic (exact) mass is 328 g/mol. The summed E-state index contributed by atoms with van der Waals surface area (Å²) in [6.07, 6.45) is 1.21. The van der Waals surface area contributed by atoms with Crippen molar-refractivity contribution in [3.8, 4) is 5.69 Å². The number of carbonyl (C=O) groups is 1. The Bertz CT molecular complexity index is 711. The van der Waals surface area contributed by atoms with Gasteiger partial charge in [-0.15, -0.1) is 0 Å². The second kappa shape index (κ2) is 7.05. The van der Waals surface area contributed by atoms with Crippen LogP contribution >= 0.6 is 0 Å². The molecule has 3 rings (SSSR count). The highest BCUT2D eigenvalue weighted by Gasteiger charge is 2.22. The molecule has 0 radical (unpaired) electrons. The van der Waals surface area contributed by atoms with Crippen molar-refractivity contribution in [1.29, 1.82) is 0 Å². The smallest absolute Gasteiger partial charge is 0.317 e. The minimum atomic E-state index is -0.409. The van der Waals surface area contributed by atoms with Crippen LogP contribution in [0.5, 0.6) is 0 Å². The maximum absolute atomic E-state index is 12.3. The number of amides is 2. The van der Waals surface area contributed by atoms with Gasteiger partial charge in [0, 0.05) is 30.9 Å². The molecule has 2 heterocycles. The normalized spacial score (nSPS) is 17.8. The predicted octanol–water partition coefficient (Wildman–Crippen LogP) is 2.16. The third kappa shape index (κ3) is 3.43. The maximum atomic E-state index is 12.3. The largest absolute Gasteiger partial charge is 0.391 e. The Morgan fingerprint density at radius 3 is 2.79 bits per heavy atom. The molecule has 1 aromatic carbocycles. The average molecular weight is 328 g/mol. The van der Waals surface area contributed by atoms with Gasteiger partial charge in [0.25, 0.3) is 0 Å². The average Bonchev–Trinajstić information content (AvgIpc) is 2.88. The van der Waals surface area contributed by atoms with Crippen molar-refractivity contribution in [2.75, 3.05) is 13.1 Å². The van der Waals surface area contributed by atoms with Gasteiger partial charge in [0.1, 0.15) is 0 Å². The number of urea groups is 1. The van der Waals surface area contributed by atoms with E-state index in [4.69, 9.17) is 0 Å². The number of aromatic nitrogens is 2. The van der Waals surface area contributed by atoms with Gasteiger partial charge in [-0.3, -0.25) is 0 Å². The number of nitrogens with zero attached hydrogens (tertiary/aromatic N) is 3. The molecular weight excluding hydrogens is 304 g/mol. The highest BCUT2D eigenvalue weighted by molar-refractivity contribution is 5.74. The number of benzene rings is 1. The minimum Gasteiger partial charge on any atom is -0.391 e. The number of aryl methyl sites for hydroxylation is 1. The molecule has 2 amide bonds. The zero-order valence-corrected chi connectivity index (χ0v) is 14.2. The van der Waals surface area contributed by atoms with Crippen molar-refractivity contribution in [3.05, 3.63) is 47.3 Å². The molecule has 1 aromatic heterocycles. The van der Waals surface area contributed by atoms with E-state index in [0.717, 1.165) is 35.5 Å². The zero-order valence-electron chi connectivity index (χ0n) is 14.2. The molecule has 2 aromatic rings. The Balaban J connectivity index is 1.69. The Hall–Kier alpha value is -2.34. The molecular formula is C18H24N4O2. The summed E-state index contributed by atoms with van der Waals surface area (Å²) in [5.74, 6) is 0. The number of β-amino-alcohol motifs (C(OH)–C–C–N with tert-alkyl or cyclic N) is 1. The first-order chi connectivity index (χ1) is 11.6. The molecule has 6 nitrogen and oxygen atoms in total. The molecule has 0 spiro atoms. The standard InChI is InChI=1S/C18H24N4O2/c1-13-17(11-19-18(24)21-10-6-9-16(23)12-21)14(2)22(20-13)15-7-4-3-5-8-15/h3-5,7-8,16,23H,6,9-12H2,1-2H3,(H,19,24). The molecule has 0 saturated carbocycles. The number of hydrogen-bond donors (Lipinski definition) is 2. The summed E-state index contributed by atoms with van der Waals surface area (Å²) in [5.41, 5.74) is 3.98. The van der Waals surface area contributed by atoms with Gasteiger partial charge in [0.2, 0.25) is 0 Å². The number of hydrogen-bond acceptors (Lipinski definition) is 3. The van der Waals surface area contributed by atoms with E-state index in [1.54, 1.807) is 4.90 Å². The molecule has 24 heavy (non-hydrogen) atoms. The Morgan fingerprint density at radius 2 is 2.08 bits per heavy atom. The number of aliphatic hydroxyl groups excluding tert-OH is 1. The van der Waals surface area contributed by atoms with Gasteiger partial charge >= 0.3 is 6.03 Å². The lowest BCUT2D eigenvalue weighted by Crippen LogP contribution is -2.46. The Kier molecular flexibility index (Phi) is 4.85. The SMILES string of the molecule is Cc1nn(-c2ccccc2)c(C)c1CNC(=O)N1CCCC(O)C1. The van der Waals surface area contributed by atoms with Crippen molar-refractivity contribution in [1.82, 2.24) is 20.0 Å². The summed E-state index contributed by atoms with van der Waals surface area (Å²) < 4.78 is 1.90. The van der Waals surface area contributed by atoms with Crippen molar-refractivity contribution in [2.24, 2.45) is 0 Å². The third-order valence-corrected chi connectivity index (χ3v) is 4.54. The first kappa shape index (κ1) is 16.5. The van der Waals surface area contributed by atoms with Crippen LogP contribution in [0.25, 0.3) is 5.69 Å². The lowest BCUT2D eigenvalue weighted by Gasteiger charge is -2.30. The molecule has 1 saturated heterocycles. The molecule has 0 bridgehead atoms. The Morgan fingerprint density at radius 1 is 1.33 bits per heavy atom. The number of para-hydroxylation sites is 1. The van der Waals surface area contributed by atoms with Crippen LogP contribution in [-0.4, -0.2) is 45.0 Å². The van der Waals surface area contributed by atoms with E-state index in [1.165, 1.54) is 0 Å². The fourth-order valence-corrected chi connectivity index (χ4v) is 3.17. The summed E-state index contributed by atoms with van der Waals surface area (Å²) >= 11 is 0. The first-order valence-electron chi connectivity index (χ1n) is 8.37. The van der Waals surface area contributed by atoms with Gasteiger partial charge < -0.3 is 15.3 Å². The highest BCUT2D eigenvalue weighted by atomic mass is 16.3. The molecule has 1 unspecified atom stereocenters. The van der Waals surface area contributed by atoms with Crippen molar-refractivity contribution in [3.63, 3.8) is 0 Å². The fraction of sp³-hybridized carbons (Fsp3) is 0.444. The molecule has 128 valence electrons. The van der Waals surface area contributed by atoms with E-state index in [1.807, 2.05) is 48.9 Å². The molecule has 1 atom stereocenters. The van der Waals surface area contributed by atoms with Gasteiger partial charge in [-0.05, 0) is 38.8 Å². The third-order valence-electron chi connectivity index (χ3n) is 4.54. The van der Waals surface area contributed by atoms with Crippen LogP contribution < -0.4 is 5.32 Å². The molecule has 1 aliphatic heterocycles.